The zero-order valence-electron chi connectivity index (χ0n) is 13.4. The van der Waals surface area contributed by atoms with Crippen molar-refractivity contribution in [3.63, 3.8) is 0 Å². The molecule has 7 heteroatoms. The van der Waals surface area contributed by atoms with Crippen molar-refractivity contribution in [2.75, 3.05) is 43.4 Å². The largest absolute Gasteiger partial charge is 0.396 e. The summed E-state index contributed by atoms with van der Waals surface area (Å²) in [5.74, 6) is 1.38. The maximum absolute atomic E-state index is 12.1. The molecule has 3 N–H and O–H groups in total. The first-order chi connectivity index (χ1) is 11.1. The van der Waals surface area contributed by atoms with Gasteiger partial charge in [0, 0.05) is 50.8 Å². The second-order valence-electron chi connectivity index (χ2n) is 6.70. The third-order valence-corrected chi connectivity index (χ3v) is 4.94. The third-order valence-electron chi connectivity index (χ3n) is 4.94. The Kier molecular flexibility index (Phi) is 4.66. The van der Waals surface area contributed by atoms with Gasteiger partial charge < -0.3 is 20.6 Å². The fraction of sp³-hybridized carbons (Fsp3) is 0.688. The summed E-state index contributed by atoms with van der Waals surface area (Å²) < 4.78 is 0. The minimum atomic E-state index is 0.107. The number of hydrogen-bond donors (Lipinski definition) is 2. The van der Waals surface area contributed by atoms with Crippen LogP contribution < -0.4 is 10.6 Å². The van der Waals surface area contributed by atoms with Crippen LogP contribution in [0.4, 0.5) is 11.8 Å². The highest BCUT2D eigenvalue weighted by molar-refractivity contribution is 5.77. The first-order valence-electron chi connectivity index (χ1n) is 8.34. The summed E-state index contributed by atoms with van der Waals surface area (Å²) in [6.45, 7) is 3.33. The molecule has 1 atom stereocenters. The van der Waals surface area contributed by atoms with Crippen LogP contribution in [0.5, 0.6) is 0 Å². The molecule has 0 aromatic carbocycles. The summed E-state index contributed by atoms with van der Waals surface area (Å²) in [5, 5.41) is 9.03. The fourth-order valence-corrected chi connectivity index (χ4v) is 3.79. The molecule has 0 bridgehead atoms. The average molecular weight is 319 g/mol. The van der Waals surface area contributed by atoms with E-state index in [1.807, 2.05) is 4.90 Å². The number of nitrogens with two attached hydrogens (primary N) is 1. The maximum Gasteiger partial charge on any atom is 0.227 e. The van der Waals surface area contributed by atoms with Crippen LogP contribution in [0.15, 0.2) is 12.3 Å². The first kappa shape index (κ1) is 16.0. The van der Waals surface area contributed by atoms with E-state index in [-0.39, 0.29) is 17.9 Å². The number of rotatable bonds is 4. The fourth-order valence-electron chi connectivity index (χ4n) is 3.79. The summed E-state index contributed by atoms with van der Waals surface area (Å²) in [5.41, 5.74) is 5.88. The van der Waals surface area contributed by atoms with Gasteiger partial charge in [-0.2, -0.15) is 4.98 Å². The number of aromatic nitrogens is 2. The van der Waals surface area contributed by atoms with E-state index in [4.69, 9.17) is 10.8 Å². The van der Waals surface area contributed by atoms with Crippen molar-refractivity contribution >= 4 is 17.7 Å². The lowest BCUT2D eigenvalue weighted by molar-refractivity contribution is -0.138. The van der Waals surface area contributed by atoms with Gasteiger partial charge in [0.1, 0.15) is 5.82 Å². The van der Waals surface area contributed by atoms with Gasteiger partial charge in [-0.25, -0.2) is 4.98 Å². The molecule has 2 fully saturated rings. The Balaban J connectivity index is 1.72. The summed E-state index contributed by atoms with van der Waals surface area (Å²) in [6, 6.07) is 1.69. The van der Waals surface area contributed by atoms with Gasteiger partial charge in [0.2, 0.25) is 11.9 Å². The average Bonchev–Trinajstić information content (AvgIpc) is 2.56. The minimum absolute atomic E-state index is 0.107. The molecule has 7 nitrogen and oxygen atoms in total. The lowest BCUT2D eigenvalue weighted by atomic mass is 9.73. The Hall–Kier alpha value is -1.89. The molecule has 126 valence electrons. The quantitative estimate of drug-likeness (QED) is 0.846. The topological polar surface area (TPSA) is 95.6 Å². The summed E-state index contributed by atoms with van der Waals surface area (Å²) >= 11 is 0. The van der Waals surface area contributed by atoms with Crippen LogP contribution in [-0.4, -0.2) is 58.7 Å². The molecule has 0 saturated carbocycles. The molecule has 1 unspecified atom stereocenters. The van der Waals surface area contributed by atoms with Gasteiger partial charge in [0.05, 0.1) is 0 Å². The Morgan fingerprint density at radius 3 is 3.00 bits per heavy atom. The van der Waals surface area contributed by atoms with E-state index in [0.717, 1.165) is 38.9 Å². The number of nitrogens with zero attached hydrogens (tertiary/aromatic N) is 4. The molecule has 23 heavy (non-hydrogen) atoms. The molecule has 1 spiro atoms. The van der Waals surface area contributed by atoms with E-state index >= 15 is 0 Å². The molecule has 1 amide bonds. The highest BCUT2D eigenvalue weighted by atomic mass is 16.3. The van der Waals surface area contributed by atoms with Gasteiger partial charge in [-0.15, -0.1) is 0 Å². The molecule has 2 saturated heterocycles. The number of nitrogen functional groups attached to an aromatic ring is 1. The summed E-state index contributed by atoms with van der Waals surface area (Å²) in [4.78, 5) is 24.9. The molecule has 1 aromatic heterocycles. The van der Waals surface area contributed by atoms with Crippen LogP contribution in [0.3, 0.4) is 0 Å². The van der Waals surface area contributed by atoms with Crippen molar-refractivity contribution in [2.24, 2.45) is 5.41 Å². The number of carbonyl (C=O) groups is 1. The predicted molar refractivity (Wildman–Crippen MR) is 87.8 cm³/mol. The summed E-state index contributed by atoms with van der Waals surface area (Å²) in [7, 11) is 0. The van der Waals surface area contributed by atoms with Crippen molar-refractivity contribution in [1.29, 1.82) is 0 Å². The van der Waals surface area contributed by atoms with Crippen LogP contribution in [0.2, 0.25) is 0 Å². The van der Waals surface area contributed by atoms with E-state index in [9.17, 15) is 4.79 Å². The SMILES string of the molecule is Nc1ccnc(N2CCCC3(CCC(=O)N(CCCO)C3)C2)n1. The second-order valence-corrected chi connectivity index (χ2v) is 6.70. The predicted octanol–water partition coefficient (Wildman–Crippen LogP) is 0.650. The third kappa shape index (κ3) is 3.55. The Bertz CT molecular complexity index is 567. The Morgan fingerprint density at radius 2 is 2.22 bits per heavy atom. The number of aliphatic hydroxyl groups is 1. The van der Waals surface area contributed by atoms with Crippen molar-refractivity contribution in [2.45, 2.75) is 32.1 Å². The van der Waals surface area contributed by atoms with Crippen LogP contribution >= 0.6 is 0 Å². The highest BCUT2D eigenvalue weighted by Crippen LogP contribution is 2.39. The lowest BCUT2D eigenvalue weighted by Gasteiger charge is -2.48. The van der Waals surface area contributed by atoms with Gasteiger partial charge in [-0.1, -0.05) is 0 Å². The number of likely N-dealkylation sites (tertiary alicyclic amines) is 1. The molecule has 0 aliphatic carbocycles. The first-order valence-corrected chi connectivity index (χ1v) is 8.34. The number of hydrogen-bond acceptors (Lipinski definition) is 6. The number of piperidine rings is 2. The zero-order valence-corrected chi connectivity index (χ0v) is 13.4. The zero-order chi connectivity index (χ0) is 16.3. The van der Waals surface area contributed by atoms with Crippen molar-refractivity contribution in [1.82, 2.24) is 14.9 Å². The smallest absolute Gasteiger partial charge is 0.227 e. The number of anilines is 2. The molecule has 2 aliphatic heterocycles. The number of carbonyl (C=O) groups excluding carboxylic acids is 1. The van der Waals surface area contributed by atoms with Crippen molar-refractivity contribution in [3.05, 3.63) is 12.3 Å². The van der Waals surface area contributed by atoms with Crippen LogP contribution in [-0.2, 0) is 4.79 Å². The second kappa shape index (κ2) is 6.70. The molecule has 3 heterocycles. The van der Waals surface area contributed by atoms with E-state index in [1.165, 1.54) is 0 Å². The Labute approximate surface area is 136 Å². The van der Waals surface area contributed by atoms with E-state index < -0.39 is 0 Å². The lowest BCUT2D eigenvalue weighted by Crippen LogP contribution is -2.54. The summed E-state index contributed by atoms with van der Waals surface area (Å²) in [6.07, 6.45) is 6.03. The minimum Gasteiger partial charge on any atom is -0.396 e. The van der Waals surface area contributed by atoms with E-state index in [1.54, 1.807) is 12.3 Å². The molecule has 1 aromatic rings. The van der Waals surface area contributed by atoms with Crippen molar-refractivity contribution < 1.29 is 9.90 Å². The van der Waals surface area contributed by atoms with E-state index in [0.29, 0.717) is 31.2 Å². The number of aliphatic hydroxyl groups excluding tert-OH is 1. The molecule has 3 rings (SSSR count). The highest BCUT2D eigenvalue weighted by Gasteiger charge is 2.42. The Morgan fingerprint density at radius 1 is 1.35 bits per heavy atom. The van der Waals surface area contributed by atoms with Crippen LogP contribution in [0, 0.1) is 5.41 Å². The van der Waals surface area contributed by atoms with Crippen molar-refractivity contribution in [3.8, 4) is 0 Å². The van der Waals surface area contributed by atoms with Gasteiger partial charge in [-0.3, -0.25) is 4.79 Å². The van der Waals surface area contributed by atoms with Gasteiger partial charge in [0.15, 0.2) is 0 Å². The molecular formula is C16H25N5O2. The molecule has 2 aliphatic rings. The molecule has 0 radical (unpaired) electrons. The van der Waals surface area contributed by atoms with Crippen LogP contribution in [0.1, 0.15) is 32.1 Å². The van der Waals surface area contributed by atoms with Gasteiger partial charge >= 0.3 is 0 Å². The monoisotopic (exact) mass is 319 g/mol. The normalized spacial score (nSPS) is 25.2. The van der Waals surface area contributed by atoms with Crippen LogP contribution in [0.25, 0.3) is 0 Å². The molecular weight excluding hydrogens is 294 g/mol. The maximum atomic E-state index is 12.1. The van der Waals surface area contributed by atoms with E-state index in [2.05, 4.69) is 14.9 Å². The van der Waals surface area contributed by atoms with Gasteiger partial charge in [-0.05, 0) is 31.7 Å². The van der Waals surface area contributed by atoms with Gasteiger partial charge in [0.25, 0.3) is 0 Å². The standard InChI is InChI=1S/C16H25N5O2/c17-13-4-7-18-15(19-13)21-8-1-5-16(12-21)6-3-14(23)20(11-16)9-2-10-22/h4,7,22H,1-3,5-6,8-12H2,(H2,17,18,19). The number of amides is 1.